The summed E-state index contributed by atoms with van der Waals surface area (Å²) in [7, 11) is 0. The summed E-state index contributed by atoms with van der Waals surface area (Å²) < 4.78 is 0. The van der Waals surface area contributed by atoms with E-state index < -0.39 is 6.10 Å². The van der Waals surface area contributed by atoms with Crippen molar-refractivity contribution in [3.63, 3.8) is 0 Å². The Morgan fingerprint density at radius 2 is 2.00 bits per heavy atom. The second-order valence-corrected chi connectivity index (χ2v) is 7.24. The molecule has 5 nitrogen and oxygen atoms in total. The highest BCUT2D eigenvalue weighted by atomic mass is 32.1. The first-order chi connectivity index (χ1) is 11.5. The molecule has 2 amide bonds. The summed E-state index contributed by atoms with van der Waals surface area (Å²) in [6.45, 7) is 6.44. The fourth-order valence-electron chi connectivity index (χ4n) is 2.57. The predicted octanol–water partition coefficient (Wildman–Crippen LogP) is 3.11. The lowest BCUT2D eigenvalue weighted by Crippen LogP contribution is -2.42. The van der Waals surface area contributed by atoms with E-state index in [1.54, 1.807) is 11.3 Å². The van der Waals surface area contributed by atoms with E-state index in [1.807, 2.05) is 51.1 Å². The largest absolute Gasteiger partial charge is 0.388 e. The lowest BCUT2D eigenvalue weighted by Gasteiger charge is -2.18. The van der Waals surface area contributed by atoms with Crippen LogP contribution in [-0.2, 0) is 6.42 Å². The molecule has 0 bridgehead atoms. The minimum absolute atomic E-state index is 0.118. The Morgan fingerprint density at radius 3 is 2.62 bits per heavy atom. The lowest BCUT2D eigenvalue weighted by atomic mass is 10.0. The molecule has 0 aliphatic rings. The molecule has 1 aromatic carbocycles. The smallest absolute Gasteiger partial charge is 0.315 e. The SMILES string of the molecule is Cc1nc(C)c(CCNC(=O)NC(C)CC(O)c2ccccc2)s1. The molecule has 0 radical (unpaired) electrons. The van der Waals surface area contributed by atoms with Gasteiger partial charge in [-0.05, 0) is 32.8 Å². The molecule has 2 unspecified atom stereocenters. The van der Waals surface area contributed by atoms with Crippen LogP contribution in [0.1, 0.15) is 40.6 Å². The molecule has 130 valence electrons. The highest BCUT2D eigenvalue weighted by Crippen LogP contribution is 2.18. The van der Waals surface area contributed by atoms with Crippen LogP contribution in [0.25, 0.3) is 0 Å². The molecule has 0 spiro atoms. The molecule has 2 aromatic rings. The standard InChI is InChI=1S/C18H25N3O2S/c1-12(11-16(22)15-7-5-4-6-8-15)20-18(23)19-10-9-17-13(2)21-14(3)24-17/h4-8,12,16,22H,9-11H2,1-3H3,(H2,19,20,23). The number of urea groups is 1. The zero-order chi connectivity index (χ0) is 17.5. The maximum absolute atomic E-state index is 11.9. The number of rotatable bonds is 7. The van der Waals surface area contributed by atoms with E-state index in [-0.39, 0.29) is 12.1 Å². The topological polar surface area (TPSA) is 74.2 Å². The quantitative estimate of drug-likeness (QED) is 0.720. The van der Waals surface area contributed by atoms with Gasteiger partial charge < -0.3 is 15.7 Å². The fourth-order valence-corrected chi connectivity index (χ4v) is 3.51. The van der Waals surface area contributed by atoms with E-state index >= 15 is 0 Å². The summed E-state index contributed by atoms with van der Waals surface area (Å²) in [4.78, 5) is 17.5. The van der Waals surface area contributed by atoms with Crippen LogP contribution < -0.4 is 10.6 Å². The first kappa shape index (κ1) is 18.4. The zero-order valence-electron chi connectivity index (χ0n) is 14.4. The van der Waals surface area contributed by atoms with Gasteiger partial charge in [0, 0.05) is 23.9 Å². The number of nitrogens with one attached hydrogen (secondary N) is 2. The molecule has 1 heterocycles. The van der Waals surface area contributed by atoms with E-state index in [2.05, 4.69) is 15.6 Å². The van der Waals surface area contributed by atoms with Crippen LogP contribution in [0, 0.1) is 13.8 Å². The number of carbonyl (C=O) groups is 1. The van der Waals surface area contributed by atoms with E-state index in [0.29, 0.717) is 13.0 Å². The van der Waals surface area contributed by atoms with Gasteiger partial charge in [-0.2, -0.15) is 0 Å². The second-order valence-electron chi connectivity index (χ2n) is 5.95. The number of carbonyl (C=O) groups excluding carboxylic acids is 1. The van der Waals surface area contributed by atoms with Gasteiger partial charge in [0.2, 0.25) is 0 Å². The summed E-state index contributed by atoms with van der Waals surface area (Å²) >= 11 is 1.67. The van der Waals surface area contributed by atoms with Gasteiger partial charge in [0.15, 0.2) is 0 Å². The number of nitrogens with zero attached hydrogens (tertiary/aromatic N) is 1. The first-order valence-electron chi connectivity index (χ1n) is 8.16. The number of amides is 2. The average Bonchev–Trinajstić information content (AvgIpc) is 2.85. The van der Waals surface area contributed by atoms with Crippen molar-refractivity contribution in [3.8, 4) is 0 Å². The van der Waals surface area contributed by atoms with E-state index in [0.717, 1.165) is 22.7 Å². The van der Waals surface area contributed by atoms with Gasteiger partial charge >= 0.3 is 6.03 Å². The Kier molecular flexibility index (Phi) is 6.75. The average molecular weight is 347 g/mol. The Balaban J connectivity index is 1.70. The molecule has 3 N–H and O–H groups in total. The summed E-state index contributed by atoms with van der Waals surface area (Å²) in [5, 5.41) is 17.0. The molecule has 0 saturated heterocycles. The van der Waals surface area contributed by atoms with Crippen molar-refractivity contribution in [2.24, 2.45) is 0 Å². The Bertz CT molecular complexity index is 658. The Labute approximate surface area is 147 Å². The highest BCUT2D eigenvalue weighted by Gasteiger charge is 2.14. The van der Waals surface area contributed by atoms with Crippen molar-refractivity contribution in [2.75, 3.05) is 6.54 Å². The number of hydrogen-bond donors (Lipinski definition) is 3. The van der Waals surface area contributed by atoms with Gasteiger partial charge in [-0.15, -0.1) is 11.3 Å². The van der Waals surface area contributed by atoms with Crippen molar-refractivity contribution in [3.05, 3.63) is 51.5 Å². The number of aryl methyl sites for hydroxylation is 2. The van der Waals surface area contributed by atoms with Gasteiger partial charge in [-0.3, -0.25) is 0 Å². The third kappa shape index (κ3) is 5.62. The maximum Gasteiger partial charge on any atom is 0.315 e. The van der Waals surface area contributed by atoms with Crippen molar-refractivity contribution >= 4 is 17.4 Å². The number of thiazole rings is 1. The molecule has 0 aliphatic heterocycles. The van der Waals surface area contributed by atoms with Gasteiger partial charge in [0.05, 0.1) is 16.8 Å². The van der Waals surface area contributed by atoms with Crippen LogP contribution in [0.15, 0.2) is 30.3 Å². The maximum atomic E-state index is 11.9. The molecular formula is C18H25N3O2S. The highest BCUT2D eigenvalue weighted by molar-refractivity contribution is 7.11. The summed E-state index contributed by atoms with van der Waals surface area (Å²) in [6.07, 6.45) is 0.681. The number of benzene rings is 1. The van der Waals surface area contributed by atoms with Crippen LogP contribution in [0.2, 0.25) is 0 Å². The monoisotopic (exact) mass is 347 g/mol. The molecule has 6 heteroatoms. The van der Waals surface area contributed by atoms with Crippen LogP contribution in [0.5, 0.6) is 0 Å². The van der Waals surface area contributed by atoms with Gasteiger partial charge in [-0.25, -0.2) is 9.78 Å². The van der Waals surface area contributed by atoms with E-state index in [4.69, 9.17) is 0 Å². The number of hydrogen-bond acceptors (Lipinski definition) is 4. The number of aliphatic hydroxyl groups excluding tert-OH is 1. The number of aliphatic hydroxyl groups is 1. The van der Waals surface area contributed by atoms with Crippen molar-refractivity contribution in [1.82, 2.24) is 15.6 Å². The molecule has 0 saturated carbocycles. The fraction of sp³-hybridized carbons (Fsp3) is 0.444. The van der Waals surface area contributed by atoms with E-state index in [9.17, 15) is 9.90 Å². The number of aromatic nitrogens is 1. The predicted molar refractivity (Wildman–Crippen MR) is 97.3 cm³/mol. The Hall–Kier alpha value is -1.92. The molecule has 0 aliphatic carbocycles. The van der Waals surface area contributed by atoms with Gasteiger partial charge in [0.1, 0.15) is 0 Å². The molecule has 2 rings (SSSR count). The van der Waals surface area contributed by atoms with Crippen LogP contribution in [-0.4, -0.2) is 28.7 Å². The molecular weight excluding hydrogens is 322 g/mol. The van der Waals surface area contributed by atoms with Crippen molar-refractivity contribution in [2.45, 2.75) is 45.8 Å². The molecule has 1 aromatic heterocycles. The summed E-state index contributed by atoms with van der Waals surface area (Å²) in [5.74, 6) is 0. The van der Waals surface area contributed by atoms with Gasteiger partial charge in [-0.1, -0.05) is 30.3 Å². The summed E-state index contributed by atoms with van der Waals surface area (Å²) in [6, 6.07) is 9.15. The second kappa shape index (κ2) is 8.80. The van der Waals surface area contributed by atoms with Crippen LogP contribution >= 0.6 is 11.3 Å². The third-order valence-corrected chi connectivity index (χ3v) is 4.91. The first-order valence-corrected chi connectivity index (χ1v) is 8.97. The van der Waals surface area contributed by atoms with Crippen LogP contribution in [0.3, 0.4) is 0 Å². The summed E-state index contributed by atoms with van der Waals surface area (Å²) in [5.41, 5.74) is 1.90. The molecule has 24 heavy (non-hydrogen) atoms. The Morgan fingerprint density at radius 1 is 1.29 bits per heavy atom. The van der Waals surface area contributed by atoms with Crippen LogP contribution in [0.4, 0.5) is 4.79 Å². The van der Waals surface area contributed by atoms with E-state index in [1.165, 1.54) is 4.88 Å². The lowest BCUT2D eigenvalue weighted by molar-refractivity contribution is 0.154. The van der Waals surface area contributed by atoms with Crippen molar-refractivity contribution < 1.29 is 9.90 Å². The molecule has 0 fully saturated rings. The van der Waals surface area contributed by atoms with Crippen molar-refractivity contribution in [1.29, 1.82) is 0 Å². The molecule has 2 atom stereocenters. The minimum atomic E-state index is -0.579. The normalized spacial score (nSPS) is 13.3. The van der Waals surface area contributed by atoms with Gasteiger partial charge in [0.25, 0.3) is 0 Å². The minimum Gasteiger partial charge on any atom is -0.388 e. The third-order valence-electron chi connectivity index (χ3n) is 3.78. The zero-order valence-corrected chi connectivity index (χ0v) is 15.2.